The maximum atomic E-state index is 11.8. The van der Waals surface area contributed by atoms with Crippen LogP contribution in [0.25, 0.3) is 0 Å². The number of ether oxygens (including phenoxy) is 1. The SMILES string of the molecule is CN(CCCN(C)C(CO)C(C)(C)C)C(=O)OC(C)(C)C. The molecule has 0 heterocycles. The molecule has 1 atom stereocenters. The van der Waals surface area contributed by atoms with Gasteiger partial charge in [-0.2, -0.15) is 0 Å². The lowest BCUT2D eigenvalue weighted by molar-refractivity contribution is 0.0276. The van der Waals surface area contributed by atoms with Crippen molar-refractivity contribution in [3.8, 4) is 0 Å². The Balaban J connectivity index is 4.22. The van der Waals surface area contributed by atoms with E-state index in [9.17, 15) is 9.90 Å². The highest BCUT2D eigenvalue weighted by Crippen LogP contribution is 2.23. The first-order chi connectivity index (χ1) is 9.38. The quantitative estimate of drug-likeness (QED) is 0.819. The second-order valence-electron chi connectivity index (χ2n) is 7.80. The van der Waals surface area contributed by atoms with Crippen LogP contribution in [0.4, 0.5) is 4.79 Å². The maximum Gasteiger partial charge on any atom is 0.410 e. The summed E-state index contributed by atoms with van der Waals surface area (Å²) in [5.74, 6) is 0. The normalized spacial score (nSPS) is 14.2. The third kappa shape index (κ3) is 8.27. The predicted molar refractivity (Wildman–Crippen MR) is 86.4 cm³/mol. The molecule has 0 aromatic heterocycles. The summed E-state index contributed by atoms with van der Waals surface area (Å²) in [4.78, 5) is 15.6. The number of rotatable bonds is 6. The van der Waals surface area contributed by atoms with Crippen LogP contribution in [0.5, 0.6) is 0 Å². The second-order valence-corrected chi connectivity index (χ2v) is 7.80. The van der Waals surface area contributed by atoms with Crippen molar-refractivity contribution in [2.75, 3.05) is 33.8 Å². The monoisotopic (exact) mass is 302 g/mol. The summed E-state index contributed by atoms with van der Waals surface area (Å²) < 4.78 is 5.31. The first-order valence-electron chi connectivity index (χ1n) is 7.63. The fourth-order valence-corrected chi connectivity index (χ4v) is 2.22. The summed E-state index contributed by atoms with van der Waals surface area (Å²) in [7, 11) is 3.76. The van der Waals surface area contributed by atoms with Crippen LogP contribution in [0.1, 0.15) is 48.0 Å². The van der Waals surface area contributed by atoms with Crippen LogP contribution < -0.4 is 0 Å². The summed E-state index contributed by atoms with van der Waals surface area (Å²) in [6.07, 6.45) is 0.554. The highest BCUT2D eigenvalue weighted by molar-refractivity contribution is 5.67. The number of hydrogen-bond donors (Lipinski definition) is 1. The van der Waals surface area contributed by atoms with Crippen LogP contribution in [0, 0.1) is 5.41 Å². The van der Waals surface area contributed by atoms with Gasteiger partial charge >= 0.3 is 6.09 Å². The van der Waals surface area contributed by atoms with Crippen molar-refractivity contribution in [1.82, 2.24) is 9.80 Å². The van der Waals surface area contributed by atoms with E-state index in [0.717, 1.165) is 13.0 Å². The van der Waals surface area contributed by atoms with Crippen LogP contribution in [-0.2, 0) is 4.74 Å². The zero-order chi connectivity index (χ0) is 16.8. The molecule has 126 valence electrons. The Kier molecular flexibility index (Phi) is 7.68. The third-order valence-corrected chi connectivity index (χ3v) is 3.41. The first kappa shape index (κ1) is 20.2. The van der Waals surface area contributed by atoms with Crippen molar-refractivity contribution < 1.29 is 14.6 Å². The molecule has 0 fully saturated rings. The van der Waals surface area contributed by atoms with E-state index in [1.54, 1.807) is 11.9 Å². The van der Waals surface area contributed by atoms with Crippen LogP contribution in [0.15, 0.2) is 0 Å². The molecule has 5 nitrogen and oxygen atoms in total. The molecular formula is C16H34N2O3. The number of aliphatic hydroxyl groups excluding tert-OH is 1. The van der Waals surface area contributed by atoms with Gasteiger partial charge in [-0.05, 0) is 46.2 Å². The fraction of sp³-hybridized carbons (Fsp3) is 0.938. The highest BCUT2D eigenvalue weighted by Gasteiger charge is 2.27. The van der Waals surface area contributed by atoms with Crippen molar-refractivity contribution in [1.29, 1.82) is 0 Å². The summed E-state index contributed by atoms with van der Waals surface area (Å²) in [6, 6.07) is 0.115. The van der Waals surface area contributed by atoms with Gasteiger partial charge in [-0.25, -0.2) is 4.79 Å². The number of nitrogens with zero attached hydrogens (tertiary/aromatic N) is 2. The van der Waals surface area contributed by atoms with E-state index in [-0.39, 0.29) is 24.2 Å². The minimum Gasteiger partial charge on any atom is -0.444 e. The standard InChI is InChI=1S/C16H34N2O3/c1-15(2,3)13(12-19)17(7)10-9-11-18(8)14(20)21-16(4,5)6/h13,19H,9-12H2,1-8H3. The molecule has 0 aliphatic rings. The Morgan fingerprint density at radius 2 is 1.62 bits per heavy atom. The van der Waals surface area contributed by atoms with Crippen molar-refractivity contribution in [2.45, 2.75) is 59.6 Å². The van der Waals surface area contributed by atoms with Crippen molar-refractivity contribution in [2.24, 2.45) is 5.41 Å². The summed E-state index contributed by atoms with van der Waals surface area (Å²) >= 11 is 0. The minimum absolute atomic E-state index is 0.0283. The van der Waals surface area contributed by atoms with E-state index >= 15 is 0 Å². The molecule has 0 saturated heterocycles. The van der Waals surface area contributed by atoms with Crippen LogP contribution in [0.3, 0.4) is 0 Å². The van der Waals surface area contributed by atoms with Crippen molar-refractivity contribution in [3.05, 3.63) is 0 Å². The number of amides is 1. The number of carbonyl (C=O) groups excluding carboxylic acids is 1. The van der Waals surface area contributed by atoms with E-state index in [0.29, 0.717) is 6.54 Å². The van der Waals surface area contributed by atoms with Gasteiger partial charge in [0.05, 0.1) is 6.61 Å². The van der Waals surface area contributed by atoms with E-state index in [2.05, 4.69) is 25.7 Å². The molecule has 0 rings (SSSR count). The van der Waals surface area contributed by atoms with Crippen LogP contribution in [0.2, 0.25) is 0 Å². The maximum absolute atomic E-state index is 11.8. The number of hydrogen-bond acceptors (Lipinski definition) is 4. The van der Waals surface area contributed by atoms with Crippen molar-refractivity contribution >= 4 is 6.09 Å². The van der Waals surface area contributed by atoms with Gasteiger partial charge in [-0.1, -0.05) is 20.8 Å². The zero-order valence-corrected chi connectivity index (χ0v) is 15.1. The fourth-order valence-electron chi connectivity index (χ4n) is 2.22. The van der Waals surface area contributed by atoms with Gasteiger partial charge in [-0.15, -0.1) is 0 Å². The number of aliphatic hydroxyl groups is 1. The molecule has 0 aliphatic carbocycles. The molecule has 0 aromatic carbocycles. The van der Waals surface area contributed by atoms with Gasteiger partial charge < -0.3 is 19.6 Å². The number of likely N-dealkylation sites (N-methyl/N-ethyl adjacent to an activating group) is 1. The topological polar surface area (TPSA) is 53.0 Å². The molecule has 21 heavy (non-hydrogen) atoms. The molecule has 1 N–H and O–H groups in total. The Bertz CT molecular complexity index is 318. The zero-order valence-electron chi connectivity index (χ0n) is 15.1. The lowest BCUT2D eigenvalue weighted by Crippen LogP contribution is -2.45. The molecule has 0 aromatic rings. The van der Waals surface area contributed by atoms with Crippen LogP contribution in [-0.4, -0.2) is 66.4 Å². The molecular weight excluding hydrogens is 268 g/mol. The predicted octanol–water partition coefficient (Wildman–Crippen LogP) is 2.58. The van der Waals surface area contributed by atoms with E-state index < -0.39 is 5.60 Å². The van der Waals surface area contributed by atoms with E-state index in [1.165, 1.54) is 0 Å². The van der Waals surface area contributed by atoms with Gasteiger partial charge in [0.15, 0.2) is 0 Å². The minimum atomic E-state index is -0.462. The summed E-state index contributed by atoms with van der Waals surface area (Å²) in [6.45, 7) is 13.6. The summed E-state index contributed by atoms with van der Waals surface area (Å²) in [5.41, 5.74) is -0.434. The lowest BCUT2D eigenvalue weighted by Gasteiger charge is -2.37. The van der Waals surface area contributed by atoms with Crippen LogP contribution >= 0.6 is 0 Å². The Labute approximate surface area is 130 Å². The van der Waals surface area contributed by atoms with Gasteiger partial charge in [0.1, 0.15) is 5.60 Å². The number of carbonyl (C=O) groups is 1. The molecule has 1 unspecified atom stereocenters. The van der Waals surface area contributed by atoms with Gasteiger partial charge in [0, 0.05) is 19.6 Å². The lowest BCUT2D eigenvalue weighted by atomic mass is 9.86. The third-order valence-electron chi connectivity index (χ3n) is 3.41. The average molecular weight is 302 g/mol. The Hall–Kier alpha value is -0.810. The molecule has 0 spiro atoms. The molecule has 5 heteroatoms. The van der Waals surface area contributed by atoms with Gasteiger partial charge in [0.25, 0.3) is 0 Å². The van der Waals surface area contributed by atoms with E-state index in [1.807, 2.05) is 27.8 Å². The first-order valence-corrected chi connectivity index (χ1v) is 7.63. The molecule has 0 radical (unpaired) electrons. The second kappa shape index (κ2) is 7.99. The van der Waals surface area contributed by atoms with E-state index in [4.69, 9.17) is 4.74 Å². The highest BCUT2D eigenvalue weighted by atomic mass is 16.6. The smallest absolute Gasteiger partial charge is 0.410 e. The summed E-state index contributed by atoms with van der Waals surface area (Å²) in [5, 5.41) is 9.53. The molecule has 1 amide bonds. The Morgan fingerprint density at radius 1 is 1.10 bits per heavy atom. The Morgan fingerprint density at radius 3 is 2.00 bits per heavy atom. The van der Waals surface area contributed by atoms with Gasteiger partial charge in [-0.3, -0.25) is 0 Å². The molecule has 0 saturated carbocycles. The molecule has 0 bridgehead atoms. The largest absolute Gasteiger partial charge is 0.444 e. The van der Waals surface area contributed by atoms with Gasteiger partial charge in [0.2, 0.25) is 0 Å². The molecule has 0 aliphatic heterocycles. The average Bonchev–Trinajstić information content (AvgIpc) is 2.25. The van der Waals surface area contributed by atoms with Crippen molar-refractivity contribution in [3.63, 3.8) is 0 Å².